The lowest BCUT2D eigenvalue weighted by molar-refractivity contribution is 0.675. The van der Waals surface area contributed by atoms with Crippen LogP contribution in [0.5, 0.6) is 0 Å². The molecule has 2 heteroatoms. The standard InChI is InChI=1S/C20H28N2/c1-13-9-7-10-14(2)19(13)21-17(5)18(6)22-20-15(3)11-8-12-16(20)4/h7-12,17-18,21-22H,1-6H3/t17-,18+. The highest BCUT2D eigenvalue weighted by molar-refractivity contribution is 5.59. The Hall–Kier alpha value is -1.96. The zero-order chi connectivity index (χ0) is 16.3. The van der Waals surface area contributed by atoms with Gasteiger partial charge in [0, 0.05) is 23.5 Å². The Balaban J connectivity index is 2.11. The van der Waals surface area contributed by atoms with Crippen molar-refractivity contribution in [2.45, 2.75) is 53.6 Å². The van der Waals surface area contributed by atoms with Gasteiger partial charge in [-0.2, -0.15) is 0 Å². The Kier molecular flexibility index (Phi) is 5.12. The van der Waals surface area contributed by atoms with Gasteiger partial charge in [-0.05, 0) is 63.8 Å². The van der Waals surface area contributed by atoms with Crippen LogP contribution in [-0.2, 0) is 0 Å². The number of hydrogen-bond donors (Lipinski definition) is 2. The van der Waals surface area contributed by atoms with E-state index < -0.39 is 0 Å². The van der Waals surface area contributed by atoms with Crippen molar-refractivity contribution < 1.29 is 0 Å². The average molecular weight is 296 g/mol. The first-order valence-corrected chi connectivity index (χ1v) is 8.05. The molecule has 2 N–H and O–H groups in total. The molecular formula is C20H28N2. The summed E-state index contributed by atoms with van der Waals surface area (Å²) in [5.41, 5.74) is 7.70. The van der Waals surface area contributed by atoms with E-state index in [9.17, 15) is 0 Å². The maximum absolute atomic E-state index is 3.67. The molecule has 0 saturated carbocycles. The van der Waals surface area contributed by atoms with E-state index in [1.54, 1.807) is 0 Å². The van der Waals surface area contributed by atoms with Gasteiger partial charge >= 0.3 is 0 Å². The summed E-state index contributed by atoms with van der Waals surface area (Å²) in [6, 6.07) is 13.5. The Labute approximate surface area is 135 Å². The molecule has 0 saturated heterocycles. The molecule has 0 fully saturated rings. The first-order valence-electron chi connectivity index (χ1n) is 8.05. The molecule has 2 rings (SSSR count). The zero-order valence-electron chi connectivity index (χ0n) is 14.6. The van der Waals surface area contributed by atoms with Crippen LogP contribution in [0.15, 0.2) is 36.4 Å². The fourth-order valence-electron chi connectivity index (χ4n) is 2.79. The molecule has 0 aliphatic heterocycles. The van der Waals surface area contributed by atoms with E-state index in [4.69, 9.17) is 0 Å². The Morgan fingerprint density at radius 3 is 1.14 bits per heavy atom. The molecule has 2 aromatic carbocycles. The summed E-state index contributed by atoms with van der Waals surface area (Å²) in [5.74, 6) is 0. The number of benzene rings is 2. The highest BCUT2D eigenvalue weighted by Gasteiger charge is 2.15. The molecule has 2 aromatic rings. The lowest BCUT2D eigenvalue weighted by atomic mass is 10.0. The molecule has 0 spiro atoms. The van der Waals surface area contributed by atoms with Crippen molar-refractivity contribution >= 4 is 11.4 Å². The van der Waals surface area contributed by atoms with Crippen LogP contribution in [-0.4, -0.2) is 12.1 Å². The number of anilines is 2. The molecule has 0 aliphatic rings. The van der Waals surface area contributed by atoms with Crippen LogP contribution in [0.1, 0.15) is 36.1 Å². The van der Waals surface area contributed by atoms with Crippen molar-refractivity contribution in [2.24, 2.45) is 0 Å². The van der Waals surface area contributed by atoms with Gasteiger partial charge in [-0.1, -0.05) is 36.4 Å². The van der Waals surface area contributed by atoms with E-state index in [0.717, 1.165) is 0 Å². The third-order valence-corrected chi connectivity index (χ3v) is 4.46. The molecule has 0 aromatic heterocycles. The number of hydrogen-bond acceptors (Lipinski definition) is 2. The first-order chi connectivity index (χ1) is 10.4. The van der Waals surface area contributed by atoms with Crippen molar-refractivity contribution in [3.05, 3.63) is 58.7 Å². The van der Waals surface area contributed by atoms with Crippen LogP contribution in [0.25, 0.3) is 0 Å². The Morgan fingerprint density at radius 1 is 0.591 bits per heavy atom. The van der Waals surface area contributed by atoms with Gasteiger partial charge < -0.3 is 10.6 Å². The van der Waals surface area contributed by atoms with E-state index in [-0.39, 0.29) is 0 Å². The molecule has 0 radical (unpaired) electrons. The van der Waals surface area contributed by atoms with Gasteiger partial charge in [-0.25, -0.2) is 0 Å². The van der Waals surface area contributed by atoms with Crippen molar-refractivity contribution in [3.8, 4) is 0 Å². The minimum Gasteiger partial charge on any atom is -0.380 e. The van der Waals surface area contributed by atoms with Gasteiger partial charge in [0.15, 0.2) is 0 Å². The number of aryl methyl sites for hydroxylation is 4. The second-order valence-corrected chi connectivity index (χ2v) is 6.40. The summed E-state index contributed by atoms with van der Waals surface area (Å²) in [7, 11) is 0. The van der Waals surface area contributed by atoms with Crippen LogP contribution in [0, 0.1) is 27.7 Å². The van der Waals surface area contributed by atoms with Gasteiger partial charge in [0.2, 0.25) is 0 Å². The quantitative estimate of drug-likeness (QED) is 0.790. The smallest absolute Gasteiger partial charge is 0.0432 e. The predicted molar refractivity (Wildman–Crippen MR) is 98.0 cm³/mol. The molecule has 0 heterocycles. The largest absolute Gasteiger partial charge is 0.380 e. The van der Waals surface area contributed by atoms with Gasteiger partial charge in [-0.15, -0.1) is 0 Å². The van der Waals surface area contributed by atoms with Crippen molar-refractivity contribution in [3.63, 3.8) is 0 Å². The van der Waals surface area contributed by atoms with Crippen molar-refractivity contribution in [2.75, 3.05) is 10.6 Å². The summed E-state index contributed by atoms with van der Waals surface area (Å²) in [6.07, 6.45) is 0. The summed E-state index contributed by atoms with van der Waals surface area (Å²) in [5, 5.41) is 7.35. The fourth-order valence-corrected chi connectivity index (χ4v) is 2.79. The summed E-state index contributed by atoms with van der Waals surface area (Å²) < 4.78 is 0. The molecule has 0 amide bonds. The van der Waals surface area contributed by atoms with Gasteiger partial charge in [-0.3, -0.25) is 0 Å². The molecule has 22 heavy (non-hydrogen) atoms. The fraction of sp³-hybridized carbons (Fsp3) is 0.400. The van der Waals surface area contributed by atoms with E-state index in [0.29, 0.717) is 12.1 Å². The van der Waals surface area contributed by atoms with Crippen LogP contribution >= 0.6 is 0 Å². The molecule has 0 unspecified atom stereocenters. The predicted octanol–water partition coefficient (Wildman–Crippen LogP) is 5.22. The van der Waals surface area contributed by atoms with Crippen LogP contribution in [0.4, 0.5) is 11.4 Å². The minimum atomic E-state index is 0.332. The molecule has 118 valence electrons. The third-order valence-electron chi connectivity index (χ3n) is 4.46. The maximum atomic E-state index is 3.67. The van der Waals surface area contributed by atoms with E-state index in [2.05, 4.69) is 88.6 Å². The van der Waals surface area contributed by atoms with E-state index in [1.165, 1.54) is 33.6 Å². The SMILES string of the molecule is Cc1cccc(C)c1N[C@@H](C)[C@@H](C)Nc1c(C)cccc1C. The summed E-state index contributed by atoms with van der Waals surface area (Å²) >= 11 is 0. The van der Waals surface area contributed by atoms with Gasteiger partial charge in [0.1, 0.15) is 0 Å². The second kappa shape index (κ2) is 6.87. The molecule has 2 atom stereocenters. The minimum absolute atomic E-state index is 0.332. The summed E-state index contributed by atoms with van der Waals surface area (Å²) in [4.78, 5) is 0. The number of rotatable bonds is 5. The number of para-hydroxylation sites is 2. The highest BCUT2D eigenvalue weighted by Crippen LogP contribution is 2.24. The normalized spacial score (nSPS) is 13.5. The summed E-state index contributed by atoms with van der Waals surface area (Å²) in [6.45, 7) is 13.1. The highest BCUT2D eigenvalue weighted by atomic mass is 15.0. The first kappa shape index (κ1) is 16.4. The topological polar surface area (TPSA) is 24.1 Å². The van der Waals surface area contributed by atoms with Crippen LogP contribution < -0.4 is 10.6 Å². The lowest BCUT2D eigenvalue weighted by Crippen LogP contribution is -2.35. The molecule has 2 nitrogen and oxygen atoms in total. The van der Waals surface area contributed by atoms with Crippen molar-refractivity contribution in [1.82, 2.24) is 0 Å². The maximum Gasteiger partial charge on any atom is 0.0432 e. The Bertz CT molecular complexity index is 548. The van der Waals surface area contributed by atoms with E-state index in [1.807, 2.05) is 0 Å². The number of nitrogens with one attached hydrogen (secondary N) is 2. The van der Waals surface area contributed by atoms with Gasteiger partial charge in [0.25, 0.3) is 0 Å². The average Bonchev–Trinajstić information content (AvgIpc) is 2.46. The van der Waals surface area contributed by atoms with Gasteiger partial charge in [0.05, 0.1) is 0 Å². The second-order valence-electron chi connectivity index (χ2n) is 6.40. The molecule has 0 aliphatic carbocycles. The van der Waals surface area contributed by atoms with Crippen LogP contribution in [0.2, 0.25) is 0 Å². The Morgan fingerprint density at radius 2 is 0.864 bits per heavy atom. The van der Waals surface area contributed by atoms with Crippen molar-refractivity contribution in [1.29, 1.82) is 0 Å². The van der Waals surface area contributed by atoms with Crippen LogP contribution in [0.3, 0.4) is 0 Å². The van der Waals surface area contributed by atoms with E-state index >= 15 is 0 Å². The molecular weight excluding hydrogens is 268 g/mol. The zero-order valence-corrected chi connectivity index (χ0v) is 14.6. The third kappa shape index (κ3) is 3.62. The monoisotopic (exact) mass is 296 g/mol. The molecule has 0 bridgehead atoms. The lowest BCUT2D eigenvalue weighted by Gasteiger charge is -2.27.